The molecular weight excluding hydrogens is 231 g/mol. The molecule has 16 heavy (non-hydrogen) atoms. The van der Waals surface area contributed by atoms with Crippen molar-refractivity contribution in [2.75, 3.05) is 0 Å². The minimum Gasteiger partial charge on any atom is -0.368 e. The number of hydrogen-bond acceptors (Lipinski definition) is 2. The molecule has 1 aliphatic rings. The van der Waals surface area contributed by atoms with Gasteiger partial charge in [-0.2, -0.15) is 0 Å². The Morgan fingerprint density at radius 3 is 2.75 bits per heavy atom. The van der Waals surface area contributed by atoms with Crippen molar-refractivity contribution in [3.8, 4) is 0 Å². The van der Waals surface area contributed by atoms with Crippen LogP contribution in [0.1, 0.15) is 24.4 Å². The molecule has 1 amide bonds. The van der Waals surface area contributed by atoms with E-state index >= 15 is 0 Å². The summed E-state index contributed by atoms with van der Waals surface area (Å²) in [6.45, 7) is 0. The van der Waals surface area contributed by atoms with E-state index in [2.05, 4.69) is 5.32 Å². The Labute approximate surface area is 97.8 Å². The van der Waals surface area contributed by atoms with Crippen LogP contribution >= 0.6 is 11.6 Å². The summed E-state index contributed by atoms with van der Waals surface area (Å²) < 4.78 is 13.0. The van der Waals surface area contributed by atoms with Gasteiger partial charge in [-0.3, -0.25) is 10.1 Å². The Morgan fingerprint density at radius 1 is 1.56 bits per heavy atom. The van der Waals surface area contributed by atoms with Gasteiger partial charge in [-0.05, 0) is 30.5 Å². The highest BCUT2D eigenvalue weighted by Gasteiger charge is 2.28. The highest BCUT2D eigenvalue weighted by molar-refractivity contribution is 6.30. The van der Waals surface area contributed by atoms with Crippen LogP contribution in [0.3, 0.4) is 0 Å². The topological polar surface area (TPSA) is 55.1 Å². The highest BCUT2D eigenvalue weighted by atomic mass is 35.5. The molecule has 3 N–H and O–H groups in total. The molecule has 0 aromatic heterocycles. The van der Waals surface area contributed by atoms with E-state index in [4.69, 9.17) is 17.3 Å². The van der Waals surface area contributed by atoms with Crippen molar-refractivity contribution in [2.24, 2.45) is 5.73 Å². The molecule has 0 saturated heterocycles. The van der Waals surface area contributed by atoms with Gasteiger partial charge >= 0.3 is 0 Å². The van der Waals surface area contributed by atoms with Crippen LogP contribution in [0.2, 0.25) is 5.02 Å². The molecule has 2 rings (SSSR count). The second-order valence-corrected chi connectivity index (χ2v) is 4.36. The molecule has 1 aromatic carbocycles. The summed E-state index contributed by atoms with van der Waals surface area (Å²) in [5, 5.41) is 3.10. The van der Waals surface area contributed by atoms with Gasteiger partial charge in [-0.25, -0.2) is 4.39 Å². The lowest BCUT2D eigenvalue weighted by atomic mass is 10.1. The monoisotopic (exact) mass is 242 g/mol. The zero-order valence-electron chi connectivity index (χ0n) is 8.54. The first-order chi connectivity index (χ1) is 7.58. The SMILES string of the molecule is NC(=O)C(NC1CC1)c1ccc(F)c(Cl)c1. The van der Waals surface area contributed by atoms with E-state index in [9.17, 15) is 9.18 Å². The number of hydrogen-bond donors (Lipinski definition) is 2. The van der Waals surface area contributed by atoms with Crippen LogP contribution in [0.5, 0.6) is 0 Å². The Bertz CT molecular complexity index is 420. The number of amides is 1. The lowest BCUT2D eigenvalue weighted by Crippen LogP contribution is -2.34. The zero-order chi connectivity index (χ0) is 11.7. The third-order valence-electron chi connectivity index (χ3n) is 2.54. The van der Waals surface area contributed by atoms with Gasteiger partial charge in [0.25, 0.3) is 0 Å². The largest absolute Gasteiger partial charge is 0.368 e. The van der Waals surface area contributed by atoms with Gasteiger partial charge < -0.3 is 5.73 Å². The van der Waals surface area contributed by atoms with Gasteiger partial charge in [0.2, 0.25) is 5.91 Å². The van der Waals surface area contributed by atoms with E-state index in [0.717, 1.165) is 12.8 Å². The van der Waals surface area contributed by atoms with Gasteiger partial charge in [-0.1, -0.05) is 17.7 Å². The van der Waals surface area contributed by atoms with Crippen LogP contribution < -0.4 is 11.1 Å². The van der Waals surface area contributed by atoms with E-state index in [-0.39, 0.29) is 5.02 Å². The van der Waals surface area contributed by atoms with Crippen LogP contribution in [-0.2, 0) is 4.79 Å². The van der Waals surface area contributed by atoms with Crippen molar-refractivity contribution in [3.05, 3.63) is 34.6 Å². The quantitative estimate of drug-likeness (QED) is 0.845. The molecule has 0 spiro atoms. The summed E-state index contributed by atoms with van der Waals surface area (Å²) >= 11 is 5.66. The predicted molar refractivity (Wildman–Crippen MR) is 59.5 cm³/mol. The molecule has 1 aromatic rings. The van der Waals surface area contributed by atoms with Crippen LogP contribution in [0.15, 0.2) is 18.2 Å². The lowest BCUT2D eigenvalue weighted by Gasteiger charge is -2.15. The Kier molecular flexibility index (Phi) is 3.12. The van der Waals surface area contributed by atoms with Gasteiger partial charge in [0.15, 0.2) is 0 Å². The summed E-state index contributed by atoms with van der Waals surface area (Å²) in [6, 6.07) is 3.93. The highest BCUT2D eigenvalue weighted by Crippen LogP contribution is 2.26. The van der Waals surface area contributed by atoms with Crippen molar-refractivity contribution >= 4 is 17.5 Å². The van der Waals surface area contributed by atoms with Gasteiger partial charge in [-0.15, -0.1) is 0 Å². The first-order valence-electron chi connectivity index (χ1n) is 5.08. The molecule has 1 atom stereocenters. The maximum Gasteiger partial charge on any atom is 0.239 e. The normalized spacial score (nSPS) is 17.1. The fourth-order valence-electron chi connectivity index (χ4n) is 1.52. The van der Waals surface area contributed by atoms with Crippen LogP contribution in [0.25, 0.3) is 0 Å². The number of primary amides is 1. The number of carbonyl (C=O) groups is 1. The molecule has 3 nitrogen and oxygen atoms in total. The smallest absolute Gasteiger partial charge is 0.239 e. The van der Waals surface area contributed by atoms with Crippen LogP contribution in [-0.4, -0.2) is 11.9 Å². The second kappa shape index (κ2) is 4.39. The first kappa shape index (κ1) is 11.4. The molecule has 0 heterocycles. The number of benzene rings is 1. The van der Waals surface area contributed by atoms with E-state index < -0.39 is 17.8 Å². The van der Waals surface area contributed by atoms with Crippen molar-refractivity contribution in [1.29, 1.82) is 0 Å². The van der Waals surface area contributed by atoms with Crippen molar-refractivity contribution in [3.63, 3.8) is 0 Å². The van der Waals surface area contributed by atoms with E-state index in [1.165, 1.54) is 18.2 Å². The first-order valence-corrected chi connectivity index (χ1v) is 5.46. The van der Waals surface area contributed by atoms with Gasteiger partial charge in [0.05, 0.1) is 5.02 Å². The Morgan fingerprint density at radius 2 is 2.25 bits per heavy atom. The summed E-state index contributed by atoms with van der Waals surface area (Å²) in [5.74, 6) is -0.977. The molecule has 86 valence electrons. The molecule has 0 bridgehead atoms. The molecule has 1 fully saturated rings. The summed E-state index contributed by atoms with van der Waals surface area (Å²) in [6.07, 6.45) is 2.08. The summed E-state index contributed by atoms with van der Waals surface area (Å²) in [5.41, 5.74) is 5.90. The number of nitrogens with two attached hydrogens (primary N) is 1. The van der Waals surface area contributed by atoms with E-state index in [1.807, 2.05) is 0 Å². The standard InChI is InChI=1S/C11H12ClFN2O/c12-8-5-6(1-4-9(8)13)10(11(14)16)15-7-2-3-7/h1,4-5,7,10,15H,2-3H2,(H2,14,16). The summed E-state index contributed by atoms with van der Waals surface area (Å²) in [7, 11) is 0. The molecular formula is C11H12ClFN2O. The molecule has 0 radical (unpaired) electrons. The third kappa shape index (κ3) is 2.51. The van der Waals surface area contributed by atoms with Gasteiger partial charge in [0.1, 0.15) is 11.9 Å². The molecule has 0 aliphatic heterocycles. The van der Waals surface area contributed by atoms with E-state index in [0.29, 0.717) is 11.6 Å². The van der Waals surface area contributed by atoms with Crippen LogP contribution in [0.4, 0.5) is 4.39 Å². The molecule has 1 saturated carbocycles. The molecule has 1 aliphatic carbocycles. The average molecular weight is 243 g/mol. The lowest BCUT2D eigenvalue weighted by molar-refractivity contribution is -0.120. The Hall–Kier alpha value is -1.13. The second-order valence-electron chi connectivity index (χ2n) is 3.95. The van der Waals surface area contributed by atoms with Crippen molar-refractivity contribution in [2.45, 2.75) is 24.9 Å². The number of nitrogens with one attached hydrogen (secondary N) is 1. The molecule has 5 heteroatoms. The maximum absolute atomic E-state index is 13.0. The number of carbonyl (C=O) groups excluding carboxylic acids is 1. The van der Waals surface area contributed by atoms with Crippen LogP contribution in [0, 0.1) is 5.82 Å². The Balaban J connectivity index is 2.22. The number of rotatable bonds is 4. The average Bonchev–Trinajstić information content (AvgIpc) is 3.02. The molecule has 1 unspecified atom stereocenters. The maximum atomic E-state index is 13.0. The fourth-order valence-corrected chi connectivity index (χ4v) is 1.71. The minimum atomic E-state index is -0.592. The minimum absolute atomic E-state index is 0.00125. The van der Waals surface area contributed by atoms with Crippen molar-refractivity contribution in [1.82, 2.24) is 5.32 Å². The fraction of sp³-hybridized carbons (Fsp3) is 0.364. The van der Waals surface area contributed by atoms with E-state index in [1.54, 1.807) is 0 Å². The summed E-state index contributed by atoms with van der Waals surface area (Å²) in [4.78, 5) is 11.3. The van der Waals surface area contributed by atoms with Gasteiger partial charge in [0, 0.05) is 6.04 Å². The third-order valence-corrected chi connectivity index (χ3v) is 2.83. The number of halogens is 2. The van der Waals surface area contributed by atoms with Crippen molar-refractivity contribution < 1.29 is 9.18 Å². The zero-order valence-corrected chi connectivity index (χ0v) is 9.30. The predicted octanol–water partition coefficient (Wildman–Crippen LogP) is 1.76.